The summed E-state index contributed by atoms with van der Waals surface area (Å²) in [6, 6.07) is 13.6. The number of amides is 1. The first kappa shape index (κ1) is 18.5. The molecule has 5 nitrogen and oxygen atoms in total. The fourth-order valence-electron chi connectivity index (χ4n) is 3.31. The minimum absolute atomic E-state index is 0.190. The van der Waals surface area contributed by atoms with Gasteiger partial charge in [0.05, 0.1) is 23.4 Å². The number of methoxy groups -OCH3 is 1. The van der Waals surface area contributed by atoms with E-state index in [0.717, 1.165) is 26.1 Å². The van der Waals surface area contributed by atoms with Crippen LogP contribution in [0.15, 0.2) is 42.5 Å². The van der Waals surface area contributed by atoms with Crippen molar-refractivity contribution in [2.75, 3.05) is 32.5 Å². The third kappa shape index (κ3) is 4.48. The quantitative estimate of drug-likeness (QED) is 0.763. The fourth-order valence-corrected chi connectivity index (χ4v) is 3.48. The van der Waals surface area contributed by atoms with Crippen molar-refractivity contribution in [3.8, 4) is 5.75 Å². The number of ether oxygens (including phenoxy) is 1. The molecule has 3 rings (SSSR count). The molecule has 1 atom stereocenters. The van der Waals surface area contributed by atoms with Gasteiger partial charge in [0.25, 0.3) is 5.91 Å². The summed E-state index contributed by atoms with van der Waals surface area (Å²) in [4.78, 5) is 14.9. The molecule has 1 amide bonds. The predicted molar refractivity (Wildman–Crippen MR) is 105 cm³/mol. The molecule has 0 aliphatic carbocycles. The lowest BCUT2D eigenvalue weighted by Gasteiger charge is -2.17. The fraction of sp³-hybridized carbons (Fsp3) is 0.350. The number of carbonyl (C=O) groups excluding carboxylic acids is 1. The Bertz CT molecular complexity index is 767. The highest BCUT2D eigenvalue weighted by atomic mass is 35.5. The van der Waals surface area contributed by atoms with Crippen LogP contribution >= 0.6 is 11.6 Å². The van der Waals surface area contributed by atoms with Crippen LogP contribution in [0.4, 0.5) is 5.69 Å². The Morgan fingerprint density at radius 3 is 2.85 bits per heavy atom. The van der Waals surface area contributed by atoms with Crippen LogP contribution in [0.25, 0.3) is 0 Å². The van der Waals surface area contributed by atoms with Crippen LogP contribution in [0, 0.1) is 5.92 Å². The number of hydrogen-bond donors (Lipinski definition) is 2. The standard InChI is InChI=1S/C20H24ClN3O2/c1-26-19-10-18(22)17(21)9-16(19)20(25)23-11-15-7-8-24(13-15)12-14-5-3-2-4-6-14/h2-6,9-10,15H,7-8,11-13,22H2,1H3,(H,23,25)/t15-/m1/s1. The number of nitrogen functional groups attached to an aromatic ring is 1. The summed E-state index contributed by atoms with van der Waals surface area (Å²) in [6.07, 6.45) is 1.08. The van der Waals surface area contributed by atoms with E-state index >= 15 is 0 Å². The molecule has 1 heterocycles. The molecular weight excluding hydrogens is 350 g/mol. The SMILES string of the molecule is COc1cc(N)c(Cl)cc1C(=O)NC[C@H]1CCN(Cc2ccccc2)C1. The summed E-state index contributed by atoms with van der Waals surface area (Å²) in [5, 5.41) is 3.35. The third-order valence-electron chi connectivity index (χ3n) is 4.73. The lowest BCUT2D eigenvalue weighted by Crippen LogP contribution is -2.31. The minimum Gasteiger partial charge on any atom is -0.496 e. The monoisotopic (exact) mass is 373 g/mol. The van der Waals surface area contributed by atoms with Gasteiger partial charge < -0.3 is 15.8 Å². The Morgan fingerprint density at radius 1 is 1.35 bits per heavy atom. The molecule has 0 aromatic heterocycles. The number of nitrogens with zero attached hydrogens (tertiary/aromatic N) is 1. The third-order valence-corrected chi connectivity index (χ3v) is 5.06. The topological polar surface area (TPSA) is 67.6 Å². The second-order valence-corrected chi connectivity index (χ2v) is 7.07. The van der Waals surface area contributed by atoms with Gasteiger partial charge in [-0.15, -0.1) is 0 Å². The number of hydrogen-bond acceptors (Lipinski definition) is 4. The average Bonchev–Trinajstić information content (AvgIpc) is 3.09. The number of halogens is 1. The first-order valence-electron chi connectivity index (χ1n) is 8.74. The zero-order valence-electron chi connectivity index (χ0n) is 14.9. The Hall–Kier alpha value is -2.24. The number of anilines is 1. The van der Waals surface area contributed by atoms with E-state index in [2.05, 4.69) is 34.5 Å². The summed E-state index contributed by atoms with van der Waals surface area (Å²) >= 11 is 6.04. The molecule has 1 aliphatic rings. The van der Waals surface area contributed by atoms with Crippen molar-refractivity contribution in [3.63, 3.8) is 0 Å². The second kappa shape index (κ2) is 8.43. The van der Waals surface area contributed by atoms with Crippen molar-refractivity contribution >= 4 is 23.2 Å². The van der Waals surface area contributed by atoms with Crippen molar-refractivity contribution in [3.05, 3.63) is 58.6 Å². The van der Waals surface area contributed by atoms with Crippen molar-refractivity contribution in [1.82, 2.24) is 10.2 Å². The van der Waals surface area contributed by atoms with Gasteiger partial charge in [0.15, 0.2) is 0 Å². The van der Waals surface area contributed by atoms with Crippen molar-refractivity contribution < 1.29 is 9.53 Å². The molecule has 2 aromatic rings. The van der Waals surface area contributed by atoms with Crippen LogP contribution in [0.1, 0.15) is 22.3 Å². The summed E-state index contributed by atoms with van der Waals surface area (Å²) < 4.78 is 5.25. The molecule has 0 unspecified atom stereocenters. The average molecular weight is 374 g/mol. The molecule has 1 fully saturated rings. The molecule has 0 bridgehead atoms. The smallest absolute Gasteiger partial charge is 0.255 e. The largest absolute Gasteiger partial charge is 0.496 e. The van der Waals surface area contributed by atoms with E-state index in [1.807, 2.05) is 6.07 Å². The summed E-state index contributed by atoms with van der Waals surface area (Å²) in [5.41, 5.74) is 7.89. The van der Waals surface area contributed by atoms with Crippen molar-refractivity contribution in [2.24, 2.45) is 5.92 Å². The highest BCUT2D eigenvalue weighted by molar-refractivity contribution is 6.33. The van der Waals surface area contributed by atoms with Gasteiger partial charge in [-0.2, -0.15) is 0 Å². The van der Waals surface area contributed by atoms with Gasteiger partial charge in [0.2, 0.25) is 0 Å². The second-order valence-electron chi connectivity index (χ2n) is 6.66. The van der Waals surface area contributed by atoms with Gasteiger partial charge in [-0.1, -0.05) is 41.9 Å². The lowest BCUT2D eigenvalue weighted by atomic mass is 10.1. The Balaban J connectivity index is 1.53. The lowest BCUT2D eigenvalue weighted by molar-refractivity contribution is 0.0944. The highest BCUT2D eigenvalue weighted by Gasteiger charge is 2.23. The summed E-state index contributed by atoms with van der Waals surface area (Å²) in [7, 11) is 1.51. The molecule has 0 saturated carbocycles. The van der Waals surface area contributed by atoms with Crippen LogP contribution in [0.2, 0.25) is 5.02 Å². The van der Waals surface area contributed by atoms with Gasteiger partial charge in [-0.3, -0.25) is 9.69 Å². The number of rotatable bonds is 6. The minimum atomic E-state index is -0.190. The summed E-state index contributed by atoms with van der Waals surface area (Å²) in [6.45, 7) is 3.61. The van der Waals surface area contributed by atoms with Gasteiger partial charge >= 0.3 is 0 Å². The van der Waals surface area contributed by atoms with E-state index in [-0.39, 0.29) is 5.91 Å². The van der Waals surface area contributed by atoms with Crippen LogP contribution in [-0.2, 0) is 6.54 Å². The Morgan fingerprint density at radius 2 is 2.12 bits per heavy atom. The number of nitrogens with two attached hydrogens (primary N) is 1. The Labute approximate surface area is 159 Å². The normalized spacial score (nSPS) is 17.2. The number of carbonyl (C=O) groups is 1. The molecule has 1 aliphatic heterocycles. The zero-order chi connectivity index (χ0) is 18.5. The van der Waals surface area contributed by atoms with Gasteiger partial charge in [-0.25, -0.2) is 0 Å². The van der Waals surface area contributed by atoms with Crippen LogP contribution < -0.4 is 15.8 Å². The number of benzene rings is 2. The molecule has 138 valence electrons. The van der Waals surface area contributed by atoms with Crippen molar-refractivity contribution in [1.29, 1.82) is 0 Å². The maximum absolute atomic E-state index is 12.5. The maximum atomic E-state index is 12.5. The van der Waals surface area contributed by atoms with E-state index in [0.29, 0.717) is 34.5 Å². The highest BCUT2D eigenvalue weighted by Crippen LogP contribution is 2.29. The Kier molecular flexibility index (Phi) is 6.01. The van der Waals surface area contributed by atoms with Gasteiger partial charge in [-0.05, 0) is 30.5 Å². The molecule has 0 radical (unpaired) electrons. The summed E-state index contributed by atoms with van der Waals surface area (Å²) in [5.74, 6) is 0.685. The van der Waals surface area contributed by atoms with Gasteiger partial charge in [0.1, 0.15) is 5.75 Å². The molecule has 1 saturated heterocycles. The predicted octanol–water partition coefficient (Wildman–Crippen LogP) is 3.18. The van der Waals surface area contributed by atoms with Gasteiger partial charge in [0, 0.05) is 25.7 Å². The first-order chi connectivity index (χ1) is 12.6. The molecule has 26 heavy (non-hydrogen) atoms. The molecule has 6 heteroatoms. The van der Waals surface area contributed by atoms with E-state index in [1.54, 1.807) is 12.1 Å². The van der Waals surface area contributed by atoms with Crippen LogP contribution in [0.3, 0.4) is 0 Å². The van der Waals surface area contributed by atoms with E-state index in [4.69, 9.17) is 22.1 Å². The molecule has 0 spiro atoms. The van der Waals surface area contributed by atoms with Crippen LogP contribution in [-0.4, -0.2) is 37.6 Å². The maximum Gasteiger partial charge on any atom is 0.255 e. The molecule has 2 aromatic carbocycles. The zero-order valence-corrected chi connectivity index (χ0v) is 15.6. The molecule has 3 N–H and O–H groups in total. The van der Waals surface area contributed by atoms with E-state index < -0.39 is 0 Å². The van der Waals surface area contributed by atoms with Crippen molar-refractivity contribution in [2.45, 2.75) is 13.0 Å². The number of nitrogens with one attached hydrogen (secondary N) is 1. The number of likely N-dealkylation sites (tertiary alicyclic amines) is 1. The van der Waals surface area contributed by atoms with Crippen LogP contribution in [0.5, 0.6) is 5.75 Å². The van der Waals surface area contributed by atoms with E-state index in [1.165, 1.54) is 12.7 Å². The van der Waals surface area contributed by atoms with E-state index in [9.17, 15) is 4.79 Å². The first-order valence-corrected chi connectivity index (χ1v) is 9.12. The molecular formula is C20H24ClN3O2.